The molecule has 1 N–H and O–H groups in total. The Kier molecular flexibility index (Phi) is 4.38. The second kappa shape index (κ2) is 5.83. The molecule has 1 aromatic carbocycles. The molecule has 100 valence electrons. The van der Waals surface area contributed by atoms with Crippen molar-refractivity contribution in [1.29, 1.82) is 0 Å². The molecule has 0 bridgehead atoms. The quantitative estimate of drug-likeness (QED) is 0.881. The van der Waals surface area contributed by atoms with E-state index in [2.05, 4.69) is 55.0 Å². The van der Waals surface area contributed by atoms with E-state index in [1.54, 1.807) is 0 Å². The first kappa shape index (κ1) is 13.5. The van der Waals surface area contributed by atoms with Gasteiger partial charge in [-0.3, -0.25) is 4.90 Å². The number of piperazine rings is 1. The summed E-state index contributed by atoms with van der Waals surface area (Å²) in [7, 11) is 2.17. The number of aryl methyl sites for hydroxylation is 1. The van der Waals surface area contributed by atoms with Gasteiger partial charge >= 0.3 is 0 Å². The van der Waals surface area contributed by atoms with Gasteiger partial charge in [0.25, 0.3) is 0 Å². The molecule has 0 spiro atoms. The summed E-state index contributed by atoms with van der Waals surface area (Å²) >= 11 is 0. The zero-order chi connectivity index (χ0) is 13.1. The van der Waals surface area contributed by atoms with Crippen molar-refractivity contribution < 1.29 is 5.11 Å². The third-order valence-electron chi connectivity index (χ3n) is 4.07. The Bertz CT molecular complexity index is 377. The molecule has 1 fully saturated rings. The van der Waals surface area contributed by atoms with Gasteiger partial charge in [-0.2, -0.15) is 0 Å². The molecule has 3 heteroatoms. The summed E-state index contributed by atoms with van der Waals surface area (Å²) in [4.78, 5) is 4.77. The van der Waals surface area contributed by atoms with Crippen LogP contribution in [0.25, 0.3) is 0 Å². The number of aliphatic hydroxyl groups is 1. The van der Waals surface area contributed by atoms with Crippen LogP contribution in [-0.4, -0.2) is 54.2 Å². The summed E-state index contributed by atoms with van der Waals surface area (Å²) in [5.41, 5.74) is 2.49. The van der Waals surface area contributed by atoms with Crippen molar-refractivity contribution in [2.45, 2.75) is 25.9 Å². The van der Waals surface area contributed by atoms with Crippen LogP contribution >= 0.6 is 0 Å². The van der Waals surface area contributed by atoms with Crippen molar-refractivity contribution in [1.82, 2.24) is 9.80 Å². The molecule has 0 aromatic heterocycles. The Morgan fingerprint density at radius 1 is 1.28 bits per heavy atom. The second-order valence-electron chi connectivity index (χ2n) is 5.43. The zero-order valence-corrected chi connectivity index (χ0v) is 11.6. The minimum atomic E-state index is 0.141. The van der Waals surface area contributed by atoms with Crippen LogP contribution in [0.5, 0.6) is 0 Å². The van der Waals surface area contributed by atoms with Gasteiger partial charge in [-0.15, -0.1) is 0 Å². The third-order valence-corrected chi connectivity index (χ3v) is 4.07. The van der Waals surface area contributed by atoms with Crippen molar-refractivity contribution in [2.75, 3.05) is 33.3 Å². The monoisotopic (exact) mass is 248 g/mol. The van der Waals surface area contributed by atoms with Crippen molar-refractivity contribution >= 4 is 0 Å². The zero-order valence-electron chi connectivity index (χ0n) is 11.6. The van der Waals surface area contributed by atoms with Crippen LogP contribution in [-0.2, 0) is 0 Å². The molecule has 1 aliphatic rings. The normalized spacial score (nSPS) is 24.1. The highest BCUT2D eigenvalue weighted by molar-refractivity contribution is 5.24. The van der Waals surface area contributed by atoms with Crippen LogP contribution in [0, 0.1) is 6.92 Å². The van der Waals surface area contributed by atoms with Gasteiger partial charge < -0.3 is 10.0 Å². The van der Waals surface area contributed by atoms with E-state index in [1.165, 1.54) is 11.1 Å². The molecule has 1 aromatic rings. The lowest BCUT2D eigenvalue weighted by atomic mass is 10.0. The van der Waals surface area contributed by atoms with Crippen LogP contribution in [0.15, 0.2) is 24.3 Å². The molecule has 3 nitrogen and oxygen atoms in total. The molecule has 0 aliphatic carbocycles. The number of rotatable bonds is 3. The molecular weight excluding hydrogens is 224 g/mol. The van der Waals surface area contributed by atoms with Crippen LogP contribution in [0.4, 0.5) is 0 Å². The lowest BCUT2D eigenvalue weighted by Gasteiger charge is -2.41. The SMILES string of the molecule is Cc1ccc(C(CO)N2CCN(C)C(C)C2)cc1. The van der Waals surface area contributed by atoms with Crippen LogP contribution in [0.1, 0.15) is 24.1 Å². The molecular formula is C15H24N2O. The standard InChI is InChI=1S/C15H24N2O/c1-12-4-6-14(7-5-12)15(11-18)17-9-8-16(3)13(2)10-17/h4-7,13,15,18H,8-11H2,1-3H3. The first-order valence-electron chi connectivity index (χ1n) is 6.73. The van der Waals surface area contributed by atoms with Crippen molar-refractivity contribution in [3.05, 3.63) is 35.4 Å². The number of aliphatic hydroxyl groups excluding tert-OH is 1. The van der Waals surface area contributed by atoms with E-state index in [-0.39, 0.29) is 12.6 Å². The van der Waals surface area contributed by atoms with Crippen LogP contribution in [0.3, 0.4) is 0 Å². The van der Waals surface area contributed by atoms with Gasteiger partial charge in [0.05, 0.1) is 12.6 Å². The van der Waals surface area contributed by atoms with Gasteiger partial charge in [0.2, 0.25) is 0 Å². The van der Waals surface area contributed by atoms with Crippen molar-refractivity contribution in [2.24, 2.45) is 0 Å². The van der Waals surface area contributed by atoms with E-state index in [1.807, 2.05) is 0 Å². The van der Waals surface area contributed by atoms with E-state index in [4.69, 9.17) is 0 Å². The van der Waals surface area contributed by atoms with Crippen molar-refractivity contribution in [3.8, 4) is 0 Å². The summed E-state index contributed by atoms with van der Waals surface area (Å²) < 4.78 is 0. The third kappa shape index (κ3) is 2.91. The van der Waals surface area contributed by atoms with E-state index in [0.29, 0.717) is 6.04 Å². The maximum Gasteiger partial charge on any atom is 0.0628 e. The topological polar surface area (TPSA) is 26.7 Å². The summed E-state index contributed by atoms with van der Waals surface area (Å²) in [5, 5.41) is 9.70. The predicted octanol–water partition coefficient (Wildman–Crippen LogP) is 1.66. The lowest BCUT2D eigenvalue weighted by Crippen LogP contribution is -2.51. The molecule has 1 aliphatic heterocycles. The minimum absolute atomic E-state index is 0.141. The minimum Gasteiger partial charge on any atom is -0.394 e. The molecule has 0 amide bonds. The molecule has 0 radical (unpaired) electrons. The van der Waals surface area contributed by atoms with Gasteiger partial charge in [-0.1, -0.05) is 29.8 Å². The summed E-state index contributed by atoms with van der Waals surface area (Å²) in [5.74, 6) is 0. The Labute approximate surface area is 110 Å². The van der Waals surface area contributed by atoms with Gasteiger partial charge in [-0.25, -0.2) is 0 Å². The molecule has 2 rings (SSSR count). The fraction of sp³-hybridized carbons (Fsp3) is 0.600. The van der Waals surface area contributed by atoms with Crippen molar-refractivity contribution in [3.63, 3.8) is 0 Å². The average Bonchev–Trinajstić information content (AvgIpc) is 2.37. The molecule has 2 unspecified atom stereocenters. The average molecular weight is 248 g/mol. The fourth-order valence-electron chi connectivity index (χ4n) is 2.58. The smallest absolute Gasteiger partial charge is 0.0628 e. The Balaban J connectivity index is 2.11. The number of benzene rings is 1. The maximum absolute atomic E-state index is 9.70. The fourth-order valence-corrected chi connectivity index (χ4v) is 2.58. The van der Waals surface area contributed by atoms with Gasteiger partial charge in [0, 0.05) is 25.7 Å². The highest BCUT2D eigenvalue weighted by Gasteiger charge is 2.26. The van der Waals surface area contributed by atoms with Crippen LogP contribution < -0.4 is 0 Å². The number of hydrogen-bond donors (Lipinski definition) is 1. The molecule has 2 atom stereocenters. The predicted molar refractivity (Wildman–Crippen MR) is 74.7 cm³/mol. The maximum atomic E-state index is 9.70. The Hall–Kier alpha value is -0.900. The highest BCUT2D eigenvalue weighted by Crippen LogP contribution is 2.23. The van der Waals surface area contributed by atoms with Gasteiger partial charge in [-0.05, 0) is 26.5 Å². The highest BCUT2D eigenvalue weighted by atomic mass is 16.3. The van der Waals surface area contributed by atoms with E-state index < -0.39 is 0 Å². The van der Waals surface area contributed by atoms with Gasteiger partial charge in [0.1, 0.15) is 0 Å². The largest absolute Gasteiger partial charge is 0.394 e. The van der Waals surface area contributed by atoms with E-state index >= 15 is 0 Å². The first-order chi connectivity index (χ1) is 8.61. The summed E-state index contributed by atoms with van der Waals surface area (Å²) in [6.45, 7) is 7.66. The van der Waals surface area contributed by atoms with E-state index in [0.717, 1.165) is 19.6 Å². The lowest BCUT2D eigenvalue weighted by molar-refractivity contribution is 0.0464. The molecule has 1 saturated heterocycles. The van der Waals surface area contributed by atoms with Gasteiger partial charge in [0.15, 0.2) is 0 Å². The molecule has 1 heterocycles. The van der Waals surface area contributed by atoms with E-state index in [9.17, 15) is 5.11 Å². The second-order valence-corrected chi connectivity index (χ2v) is 5.43. The number of nitrogens with zero attached hydrogens (tertiary/aromatic N) is 2. The summed E-state index contributed by atoms with van der Waals surface area (Å²) in [6.07, 6.45) is 0. The first-order valence-corrected chi connectivity index (χ1v) is 6.73. The van der Waals surface area contributed by atoms with Crippen LogP contribution in [0.2, 0.25) is 0 Å². The number of hydrogen-bond acceptors (Lipinski definition) is 3. The number of likely N-dealkylation sites (N-methyl/N-ethyl adjacent to an activating group) is 1. The Morgan fingerprint density at radius 3 is 2.50 bits per heavy atom. The Morgan fingerprint density at radius 2 is 1.94 bits per heavy atom. The molecule has 18 heavy (non-hydrogen) atoms. The molecule has 0 saturated carbocycles. The summed E-state index contributed by atoms with van der Waals surface area (Å²) in [6, 6.07) is 9.22.